The molecule has 1 heterocycles. The summed E-state index contributed by atoms with van der Waals surface area (Å²) < 4.78 is 11.4. The number of hydrogen-bond donors (Lipinski definition) is 4. The second kappa shape index (κ2) is 12.9. The van der Waals surface area contributed by atoms with Gasteiger partial charge in [-0.3, -0.25) is 4.79 Å². The van der Waals surface area contributed by atoms with Crippen LogP contribution in [-0.4, -0.2) is 49.0 Å². The second-order valence-corrected chi connectivity index (χ2v) is 8.22. The van der Waals surface area contributed by atoms with E-state index in [2.05, 4.69) is 28.2 Å². The third-order valence-corrected chi connectivity index (χ3v) is 5.73. The lowest BCUT2D eigenvalue weighted by molar-refractivity contribution is -0.127. The Bertz CT molecular complexity index is 1060. The van der Waals surface area contributed by atoms with Crippen molar-refractivity contribution in [1.82, 2.24) is 10.3 Å². The molecular formula is C26H32N4O3S. The highest BCUT2D eigenvalue weighted by Crippen LogP contribution is 2.28. The fourth-order valence-corrected chi connectivity index (χ4v) is 3.46. The van der Waals surface area contributed by atoms with Crippen LogP contribution in [0.25, 0.3) is 11.3 Å². The predicted octanol–water partition coefficient (Wildman–Crippen LogP) is 3.55. The predicted molar refractivity (Wildman–Crippen MR) is 140 cm³/mol. The van der Waals surface area contributed by atoms with Gasteiger partial charge in [0.2, 0.25) is 5.88 Å². The maximum absolute atomic E-state index is 12.7. The number of anilines is 1. The standard InChI is InChI=1S/C26H32N4O3S/c1-18(25(31)28-15-14-20-10-6-7-11-24(20)32-2)33-26-23(29-16-21(27)17-34)13-12-22(30-26)19-8-4-3-5-9-19/h3-13,18,21,29,34H,14-17,27H2,1-2H3,(H,28,31)/t18-,21?/m1/s1. The molecule has 2 aromatic carbocycles. The largest absolute Gasteiger partial charge is 0.496 e. The summed E-state index contributed by atoms with van der Waals surface area (Å²) in [7, 11) is 1.64. The van der Waals surface area contributed by atoms with Crippen molar-refractivity contribution in [1.29, 1.82) is 0 Å². The second-order valence-electron chi connectivity index (χ2n) is 7.85. The Kier molecular flexibility index (Phi) is 9.61. The van der Waals surface area contributed by atoms with Crippen LogP contribution in [0.4, 0.5) is 5.69 Å². The van der Waals surface area contributed by atoms with Gasteiger partial charge in [-0.15, -0.1) is 0 Å². The molecule has 0 saturated heterocycles. The number of benzene rings is 2. The summed E-state index contributed by atoms with van der Waals surface area (Å²) in [6.07, 6.45) is -0.0890. The molecule has 0 aliphatic heterocycles. The Hall–Kier alpha value is -3.23. The van der Waals surface area contributed by atoms with Crippen molar-refractivity contribution >= 4 is 24.2 Å². The molecule has 0 spiro atoms. The SMILES string of the molecule is COc1ccccc1CCNC(=O)[C@@H](C)Oc1nc(-c2ccccc2)ccc1NCC(N)CS. The highest BCUT2D eigenvalue weighted by molar-refractivity contribution is 7.80. The van der Waals surface area contributed by atoms with Crippen LogP contribution in [-0.2, 0) is 11.2 Å². The summed E-state index contributed by atoms with van der Waals surface area (Å²) >= 11 is 4.23. The Morgan fingerprint density at radius 1 is 1.09 bits per heavy atom. The molecule has 0 radical (unpaired) electrons. The van der Waals surface area contributed by atoms with E-state index >= 15 is 0 Å². The van der Waals surface area contributed by atoms with Gasteiger partial charge in [-0.2, -0.15) is 12.6 Å². The van der Waals surface area contributed by atoms with Crippen molar-refractivity contribution in [3.63, 3.8) is 0 Å². The Labute approximate surface area is 206 Å². The molecule has 2 atom stereocenters. The van der Waals surface area contributed by atoms with E-state index in [0.29, 0.717) is 36.8 Å². The molecule has 3 rings (SSSR count). The van der Waals surface area contributed by atoms with Crippen LogP contribution < -0.4 is 25.8 Å². The molecule has 8 heteroatoms. The average molecular weight is 481 g/mol. The third-order valence-electron chi connectivity index (χ3n) is 5.26. The lowest BCUT2D eigenvalue weighted by Crippen LogP contribution is -2.37. The molecule has 1 amide bonds. The minimum Gasteiger partial charge on any atom is -0.496 e. The quantitative estimate of drug-likeness (QED) is 0.296. The van der Waals surface area contributed by atoms with E-state index in [-0.39, 0.29) is 11.9 Å². The van der Waals surface area contributed by atoms with E-state index in [4.69, 9.17) is 15.2 Å². The number of rotatable bonds is 12. The number of aromatic nitrogens is 1. The number of amides is 1. The number of nitrogens with two attached hydrogens (primary N) is 1. The zero-order valence-corrected chi connectivity index (χ0v) is 20.4. The lowest BCUT2D eigenvalue weighted by Gasteiger charge is -2.19. The van der Waals surface area contributed by atoms with Gasteiger partial charge < -0.3 is 25.8 Å². The van der Waals surface area contributed by atoms with E-state index in [1.807, 2.05) is 66.7 Å². The van der Waals surface area contributed by atoms with Gasteiger partial charge in [0.15, 0.2) is 6.10 Å². The fraction of sp³-hybridized carbons (Fsp3) is 0.308. The molecular weight excluding hydrogens is 448 g/mol. The number of para-hydroxylation sites is 1. The van der Waals surface area contributed by atoms with Crippen molar-refractivity contribution < 1.29 is 14.3 Å². The van der Waals surface area contributed by atoms with Crippen LogP contribution in [0.5, 0.6) is 11.6 Å². The number of carbonyl (C=O) groups is 1. The molecule has 0 aliphatic carbocycles. The number of carbonyl (C=O) groups excluding carboxylic acids is 1. The van der Waals surface area contributed by atoms with E-state index in [1.165, 1.54) is 0 Å². The summed E-state index contributed by atoms with van der Waals surface area (Å²) in [6, 6.07) is 21.2. The number of hydrogen-bond acceptors (Lipinski definition) is 7. The maximum atomic E-state index is 12.7. The Morgan fingerprint density at radius 2 is 1.82 bits per heavy atom. The van der Waals surface area contributed by atoms with E-state index in [0.717, 1.165) is 22.6 Å². The molecule has 0 saturated carbocycles. The average Bonchev–Trinajstić information content (AvgIpc) is 2.88. The number of thiol groups is 1. The van der Waals surface area contributed by atoms with Gasteiger partial charge in [-0.25, -0.2) is 4.98 Å². The van der Waals surface area contributed by atoms with Gasteiger partial charge in [-0.1, -0.05) is 48.5 Å². The van der Waals surface area contributed by atoms with Crippen LogP contribution in [0.2, 0.25) is 0 Å². The molecule has 1 aromatic heterocycles. The number of ether oxygens (including phenoxy) is 2. The van der Waals surface area contributed by atoms with Gasteiger partial charge in [0.25, 0.3) is 5.91 Å². The summed E-state index contributed by atoms with van der Waals surface area (Å²) in [4.78, 5) is 17.4. The molecule has 4 N–H and O–H groups in total. The van der Waals surface area contributed by atoms with Crippen molar-refractivity contribution in [3.05, 3.63) is 72.3 Å². The van der Waals surface area contributed by atoms with E-state index in [9.17, 15) is 4.79 Å². The summed E-state index contributed by atoms with van der Waals surface area (Å²) in [5, 5.41) is 6.19. The molecule has 0 aliphatic rings. The normalized spacial score (nSPS) is 12.5. The molecule has 0 fully saturated rings. The van der Waals surface area contributed by atoms with Crippen LogP contribution in [0, 0.1) is 0 Å². The van der Waals surface area contributed by atoms with Gasteiger partial charge in [0, 0.05) is 30.4 Å². The zero-order chi connectivity index (χ0) is 24.3. The Balaban J connectivity index is 1.68. The molecule has 7 nitrogen and oxygen atoms in total. The van der Waals surface area contributed by atoms with Gasteiger partial charge in [-0.05, 0) is 37.1 Å². The molecule has 3 aromatic rings. The summed E-state index contributed by atoms with van der Waals surface area (Å²) in [5.74, 6) is 1.47. The minimum absolute atomic E-state index is 0.124. The lowest BCUT2D eigenvalue weighted by atomic mass is 10.1. The summed E-state index contributed by atoms with van der Waals surface area (Å²) in [5.41, 5.74) is 9.41. The molecule has 34 heavy (non-hydrogen) atoms. The fourth-order valence-electron chi connectivity index (χ4n) is 3.33. The highest BCUT2D eigenvalue weighted by Gasteiger charge is 2.18. The van der Waals surface area contributed by atoms with Gasteiger partial charge in [0.05, 0.1) is 18.5 Å². The van der Waals surface area contributed by atoms with E-state index < -0.39 is 6.10 Å². The first-order valence-electron chi connectivity index (χ1n) is 11.2. The smallest absolute Gasteiger partial charge is 0.260 e. The minimum atomic E-state index is -0.740. The van der Waals surface area contributed by atoms with Crippen LogP contribution in [0.1, 0.15) is 12.5 Å². The maximum Gasteiger partial charge on any atom is 0.260 e. The third kappa shape index (κ3) is 7.13. The van der Waals surface area contributed by atoms with Crippen molar-refractivity contribution in [2.24, 2.45) is 5.73 Å². The molecule has 1 unspecified atom stereocenters. The number of methoxy groups -OCH3 is 1. The first-order chi connectivity index (χ1) is 16.5. The van der Waals surface area contributed by atoms with E-state index in [1.54, 1.807) is 14.0 Å². The van der Waals surface area contributed by atoms with Crippen molar-refractivity contribution in [2.45, 2.75) is 25.5 Å². The van der Waals surface area contributed by atoms with Crippen LogP contribution in [0.3, 0.4) is 0 Å². The van der Waals surface area contributed by atoms with Crippen molar-refractivity contribution in [3.8, 4) is 22.9 Å². The number of nitrogens with one attached hydrogen (secondary N) is 2. The first kappa shape index (κ1) is 25.4. The molecule has 180 valence electrons. The molecule has 0 bridgehead atoms. The highest BCUT2D eigenvalue weighted by atomic mass is 32.1. The summed E-state index contributed by atoms with van der Waals surface area (Å²) in [6.45, 7) is 2.68. The topological polar surface area (TPSA) is 98.5 Å². The van der Waals surface area contributed by atoms with Crippen molar-refractivity contribution in [2.75, 3.05) is 31.3 Å². The Morgan fingerprint density at radius 3 is 2.56 bits per heavy atom. The first-order valence-corrected chi connectivity index (χ1v) is 11.9. The van der Waals surface area contributed by atoms with Crippen LogP contribution >= 0.6 is 12.6 Å². The van der Waals surface area contributed by atoms with Crippen LogP contribution in [0.15, 0.2) is 66.7 Å². The zero-order valence-electron chi connectivity index (χ0n) is 19.5. The van der Waals surface area contributed by atoms with Gasteiger partial charge >= 0.3 is 0 Å². The number of nitrogens with zero attached hydrogens (tertiary/aromatic N) is 1. The monoisotopic (exact) mass is 480 g/mol. The van der Waals surface area contributed by atoms with Gasteiger partial charge in [0.1, 0.15) is 5.75 Å². The number of pyridine rings is 1.